The zero-order valence-electron chi connectivity index (χ0n) is 9.73. The van der Waals surface area contributed by atoms with Gasteiger partial charge in [-0.3, -0.25) is 0 Å². The first kappa shape index (κ1) is 11.4. The van der Waals surface area contributed by atoms with Crippen molar-refractivity contribution in [2.45, 2.75) is 18.0 Å². The van der Waals surface area contributed by atoms with Crippen molar-refractivity contribution >= 4 is 10.0 Å². The monoisotopic (exact) mass is 263 g/mol. The smallest absolute Gasteiger partial charge is 0.243 e. The molecule has 1 aromatic heterocycles. The molecule has 5 nitrogen and oxygen atoms in total. The highest BCUT2D eigenvalue weighted by atomic mass is 32.2. The van der Waals surface area contributed by atoms with Gasteiger partial charge in [-0.15, -0.1) is 0 Å². The van der Waals surface area contributed by atoms with E-state index in [-0.39, 0.29) is 0 Å². The van der Waals surface area contributed by atoms with Crippen molar-refractivity contribution in [2.24, 2.45) is 0 Å². The normalized spacial score (nSPS) is 16.4. The summed E-state index contributed by atoms with van der Waals surface area (Å²) in [6.07, 6.45) is 3.58. The molecule has 18 heavy (non-hydrogen) atoms. The van der Waals surface area contributed by atoms with E-state index in [0.29, 0.717) is 24.5 Å². The molecule has 0 N–H and O–H groups in total. The highest BCUT2D eigenvalue weighted by Crippen LogP contribution is 2.20. The summed E-state index contributed by atoms with van der Waals surface area (Å²) in [5.74, 6) is 0.792. The quantitative estimate of drug-likeness (QED) is 0.815. The maximum absolute atomic E-state index is 12.4. The zero-order valence-corrected chi connectivity index (χ0v) is 10.5. The van der Waals surface area contributed by atoms with Crippen LogP contribution in [0, 0.1) is 0 Å². The van der Waals surface area contributed by atoms with Crippen molar-refractivity contribution in [3.8, 4) is 0 Å². The number of benzene rings is 1. The van der Waals surface area contributed by atoms with Crippen molar-refractivity contribution in [1.82, 2.24) is 13.9 Å². The first-order chi connectivity index (χ1) is 8.68. The van der Waals surface area contributed by atoms with E-state index in [0.717, 1.165) is 5.82 Å². The molecular weight excluding hydrogens is 250 g/mol. The van der Waals surface area contributed by atoms with Crippen molar-refractivity contribution < 1.29 is 8.42 Å². The van der Waals surface area contributed by atoms with Crippen LogP contribution in [0.25, 0.3) is 0 Å². The van der Waals surface area contributed by atoms with Gasteiger partial charge in [0.05, 0.1) is 11.4 Å². The minimum Gasteiger partial charge on any atom is -0.333 e. The molecule has 0 amide bonds. The summed E-state index contributed by atoms with van der Waals surface area (Å²) in [5.41, 5.74) is 0. The molecule has 1 aromatic carbocycles. The van der Waals surface area contributed by atoms with Gasteiger partial charge in [0, 0.05) is 25.5 Å². The minimum absolute atomic E-state index is 0.338. The van der Waals surface area contributed by atoms with Crippen molar-refractivity contribution in [1.29, 1.82) is 0 Å². The molecule has 2 aromatic rings. The van der Waals surface area contributed by atoms with Crippen LogP contribution in [0.1, 0.15) is 5.82 Å². The Kier molecular flexibility index (Phi) is 2.68. The van der Waals surface area contributed by atoms with Crippen LogP contribution in [0.2, 0.25) is 0 Å². The van der Waals surface area contributed by atoms with Crippen LogP contribution < -0.4 is 0 Å². The van der Waals surface area contributed by atoms with E-state index >= 15 is 0 Å². The molecule has 6 heteroatoms. The van der Waals surface area contributed by atoms with Gasteiger partial charge in [-0.1, -0.05) is 18.2 Å². The Labute approximate surface area is 106 Å². The van der Waals surface area contributed by atoms with Gasteiger partial charge in [-0.05, 0) is 12.1 Å². The first-order valence-electron chi connectivity index (χ1n) is 5.73. The Bertz CT molecular complexity index is 649. The fraction of sp³-hybridized carbons (Fsp3) is 0.250. The molecule has 94 valence electrons. The summed E-state index contributed by atoms with van der Waals surface area (Å²) in [6.45, 7) is 1.48. The van der Waals surface area contributed by atoms with E-state index in [4.69, 9.17) is 0 Å². The lowest BCUT2D eigenvalue weighted by Gasteiger charge is -2.26. The second kappa shape index (κ2) is 4.22. The van der Waals surface area contributed by atoms with Crippen LogP contribution in [-0.2, 0) is 23.1 Å². The lowest BCUT2D eigenvalue weighted by atomic mass is 10.4. The van der Waals surface area contributed by atoms with E-state index in [1.54, 1.807) is 30.5 Å². The standard InChI is InChI=1S/C12H13N3O2S/c16-18(17,11-4-2-1-3-5-11)15-9-8-14-7-6-13-12(14)10-15/h1-7H,8-10H2. The van der Waals surface area contributed by atoms with E-state index in [2.05, 4.69) is 4.98 Å². The highest BCUT2D eigenvalue weighted by molar-refractivity contribution is 7.89. The largest absolute Gasteiger partial charge is 0.333 e. The van der Waals surface area contributed by atoms with Gasteiger partial charge >= 0.3 is 0 Å². The number of hydrogen-bond donors (Lipinski definition) is 0. The number of aromatic nitrogens is 2. The number of fused-ring (bicyclic) bond motifs is 1. The van der Waals surface area contributed by atoms with Crippen molar-refractivity contribution in [3.63, 3.8) is 0 Å². The fourth-order valence-electron chi connectivity index (χ4n) is 2.10. The summed E-state index contributed by atoms with van der Waals surface area (Å²) in [5, 5.41) is 0. The predicted molar refractivity (Wildman–Crippen MR) is 66.3 cm³/mol. The van der Waals surface area contributed by atoms with E-state index in [1.807, 2.05) is 16.8 Å². The molecule has 0 fully saturated rings. The Morgan fingerprint density at radius 2 is 1.89 bits per heavy atom. The molecule has 0 spiro atoms. The summed E-state index contributed by atoms with van der Waals surface area (Å²) in [4.78, 5) is 4.51. The maximum Gasteiger partial charge on any atom is 0.243 e. The third-order valence-electron chi connectivity index (χ3n) is 3.09. The second-order valence-corrected chi connectivity index (χ2v) is 6.13. The number of rotatable bonds is 2. The Morgan fingerprint density at radius 3 is 2.67 bits per heavy atom. The fourth-order valence-corrected chi connectivity index (χ4v) is 3.50. The molecule has 0 saturated heterocycles. The Morgan fingerprint density at radius 1 is 1.11 bits per heavy atom. The molecule has 1 aliphatic heterocycles. The van der Waals surface area contributed by atoms with E-state index in [1.165, 1.54) is 4.31 Å². The molecule has 0 aliphatic carbocycles. The molecule has 1 aliphatic rings. The molecule has 0 saturated carbocycles. The number of nitrogens with zero attached hydrogens (tertiary/aromatic N) is 3. The van der Waals surface area contributed by atoms with Gasteiger partial charge < -0.3 is 4.57 Å². The van der Waals surface area contributed by atoms with Gasteiger partial charge in [0.2, 0.25) is 10.0 Å². The van der Waals surface area contributed by atoms with E-state index in [9.17, 15) is 8.42 Å². The van der Waals surface area contributed by atoms with Gasteiger partial charge in [0.25, 0.3) is 0 Å². The number of hydrogen-bond acceptors (Lipinski definition) is 3. The zero-order chi connectivity index (χ0) is 12.6. The molecular formula is C12H13N3O2S. The first-order valence-corrected chi connectivity index (χ1v) is 7.17. The summed E-state index contributed by atoms with van der Waals surface area (Å²) < 4.78 is 28.3. The van der Waals surface area contributed by atoms with Gasteiger partial charge in [0.1, 0.15) is 5.82 Å². The van der Waals surface area contributed by atoms with E-state index < -0.39 is 10.0 Å². The topological polar surface area (TPSA) is 55.2 Å². The number of sulfonamides is 1. The molecule has 0 atom stereocenters. The van der Waals surface area contributed by atoms with Crippen LogP contribution >= 0.6 is 0 Å². The summed E-state index contributed by atoms with van der Waals surface area (Å²) in [6, 6.07) is 8.52. The molecule has 3 rings (SSSR count). The van der Waals surface area contributed by atoms with Gasteiger partial charge in [0.15, 0.2) is 0 Å². The van der Waals surface area contributed by atoms with Crippen molar-refractivity contribution in [3.05, 3.63) is 48.5 Å². The van der Waals surface area contributed by atoms with Crippen LogP contribution in [0.5, 0.6) is 0 Å². The van der Waals surface area contributed by atoms with Gasteiger partial charge in [-0.2, -0.15) is 4.31 Å². The molecule has 0 radical (unpaired) electrons. The average Bonchev–Trinajstić information content (AvgIpc) is 2.87. The summed E-state index contributed by atoms with van der Waals surface area (Å²) in [7, 11) is -3.40. The van der Waals surface area contributed by atoms with Crippen LogP contribution in [0.3, 0.4) is 0 Å². The number of imidazole rings is 1. The third kappa shape index (κ3) is 1.83. The molecule has 2 heterocycles. The summed E-state index contributed by atoms with van der Waals surface area (Å²) >= 11 is 0. The second-order valence-electron chi connectivity index (χ2n) is 4.19. The van der Waals surface area contributed by atoms with Gasteiger partial charge in [-0.25, -0.2) is 13.4 Å². The minimum atomic E-state index is -3.40. The van der Waals surface area contributed by atoms with Crippen LogP contribution in [0.4, 0.5) is 0 Å². The predicted octanol–water partition coefficient (Wildman–Crippen LogP) is 1.09. The maximum atomic E-state index is 12.4. The molecule has 0 bridgehead atoms. The lowest BCUT2D eigenvalue weighted by molar-refractivity contribution is 0.335. The van der Waals surface area contributed by atoms with Crippen LogP contribution in [-0.4, -0.2) is 28.8 Å². The lowest BCUT2D eigenvalue weighted by Crippen LogP contribution is -2.38. The van der Waals surface area contributed by atoms with Crippen LogP contribution in [0.15, 0.2) is 47.6 Å². The molecule has 0 unspecified atom stereocenters. The third-order valence-corrected chi connectivity index (χ3v) is 4.95. The SMILES string of the molecule is O=S(=O)(c1ccccc1)N1CCn2ccnc2C1. The highest BCUT2D eigenvalue weighted by Gasteiger charge is 2.28. The Hall–Kier alpha value is -1.66. The van der Waals surface area contributed by atoms with Crippen molar-refractivity contribution in [2.75, 3.05) is 6.54 Å². The Balaban J connectivity index is 1.93. The average molecular weight is 263 g/mol.